The largest absolute Gasteiger partial charge is 0.497 e. The first kappa shape index (κ1) is 32.3. The van der Waals surface area contributed by atoms with E-state index in [1.807, 2.05) is 32.9 Å². The Kier molecular flexibility index (Phi) is 14.4. The average Bonchev–Trinajstić information content (AvgIpc) is 2.84. The van der Waals surface area contributed by atoms with Crippen molar-refractivity contribution in [2.45, 2.75) is 59.6 Å². The van der Waals surface area contributed by atoms with Crippen LogP contribution in [-0.4, -0.2) is 117 Å². The van der Waals surface area contributed by atoms with E-state index in [1.165, 1.54) is 18.5 Å². The van der Waals surface area contributed by atoms with Crippen LogP contribution in [0.15, 0.2) is 24.3 Å². The number of ether oxygens (including phenoxy) is 2. The van der Waals surface area contributed by atoms with Crippen LogP contribution < -0.4 is 10.1 Å². The Morgan fingerprint density at radius 2 is 1.55 bits per heavy atom. The van der Waals surface area contributed by atoms with Gasteiger partial charge in [0.25, 0.3) is 0 Å². The van der Waals surface area contributed by atoms with Crippen molar-refractivity contribution in [3.05, 3.63) is 29.8 Å². The fraction of sp³-hybridized carbons (Fsp3) is 0.767. The van der Waals surface area contributed by atoms with Gasteiger partial charge in [-0.1, -0.05) is 26.0 Å². The smallest absolute Gasteiger partial charge is 0.407 e. The lowest BCUT2D eigenvalue weighted by Crippen LogP contribution is -2.47. The Morgan fingerprint density at radius 3 is 2.08 bits per heavy atom. The van der Waals surface area contributed by atoms with E-state index >= 15 is 0 Å². The fourth-order valence-electron chi connectivity index (χ4n) is 4.88. The molecule has 0 aliphatic carbocycles. The summed E-state index contributed by atoms with van der Waals surface area (Å²) in [6.07, 6.45) is 2.03. The van der Waals surface area contributed by atoms with Crippen LogP contribution in [0.25, 0.3) is 0 Å². The van der Waals surface area contributed by atoms with Crippen LogP contribution in [0.5, 0.6) is 5.75 Å². The molecule has 0 bridgehead atoms. The summed E-state index contributed by atoms with van der Waals surface area (Å²) in [7, 11) is 3.91. The zero-order valence-electron chi connectivity index (χ0n) is 25.3. The molecule has 1 aromatic rings. The first-order valence-corrected chi connectivity index (χ1v) is 14.5. The fourth-order valence-corrected chi connectivity index (χ4v) is 4.88. The van der Waals surface area contributed by atoms with Crippen LogP contribution in [0.3, 0.4) is 0 Å². The average molecular weight is 534 g/mol. The molecule has 38 heavy (non-hydrogen) atoms. The van der Waals surface area contributed by atoms with Crippen molar-refractivity contribution in [3.63, 3.8) is 0 Å². The molecule has 1 N–H and O–H groups in total. The molecular formula is C30H55N5O3. The highest BCUT2D eigenvalue weighted by Crippen LogP contribution is 2.13. The van der Waals surface area contributed by atoms with E-state index in [9.17, 15) is 4.79 Å². The van der Waals surface area contributed by atoms with Gasteiger partial charge in [-0.3, -0.25) is 0 Å². The predicted octanol–water partition coefficient (Wildman–Crippen LogP) is 4.01. The van der Waals surface area contributed by atoms with Crippen LogP contribution in [0.4, 0.5) is 4.79 Å². The topological polar surface area (TPSA) is 60.5 Å². The zero-order chi connectivity index (χ0) is 28.0. The molecule has 8 nitrogen and oxygen atoms in total. The summed E-state index contributed by atoms with van der Waals surface area (Å²) < 4.78 is 10.6. The summed E-state index contributed by atoms with van der Waals surface area (Å²) in [5.74, 6) is 1.52. The monoisotopic (exact) mass is 533 g/mol. The Balaban J connectivity index is 1.58. The second kappa shape index (κ2) is 17.0. The summed E-state index contributed by atoms with van der Waals surface area (Å²) in [4.78, 5) is 22.0. The lowest BCUT2D eigenvalue weighted by atomic mass is 10.2. The molecule has 0 atom stereocenters. The maximum absolute atomic E-state index is 11.9. The van der Waals surface area contributed by atoms with Crippen molar-refractivity contribution >= 4 is 6.09 Å². The third-order valence-corrected chi connectivity index (χ3v) is 6.76. The molecular weight excluding hydrogens is 478 g/mol. The quantitative estimate of drug-likeness (QED) is 0.345. The molecule has 0 unspecified atom stereocenters. The summed E-state index contributed by atoms with van der Waals surface area (Å²) in [5.41, 5.74) is 0.869. The van der Waals surface area contributed by atoms with Gasteiger partial charge in [-0.15, -0.1) is 0 Å². The molecule has 1 saturated heterocycles. The van der Waals surface area contributed by atoms with Gasteiger partial charge in [0.2, 0.25) is 0 Å². The first-order valence-electron chi connectivity index (χ1n) is 14.5. The van der Waals surface area contributed by atoms with Crippen molar-refractivity contribution in [1.82, 2.24) is 24.9 Å². The van der Waals surface area contributed by atoms with E-state index in [0.29, 0.717) is 12.5 Å². The molecule has 0 aromatic heterocycles. The molecule has 1 heterocycles. The number of methoxy groups -OCH3 is 1. The van der Waals surface area contributed by atoms with E-state index in [0.717, 1.165) is 77.6 Å². The number of carbonyl (C=O) groups is 1. The van der Waals surface area contributed by atoms with Crippen molar-refractivity contribution in [2.24, 2.45) is 5.92 Å². The second-order valence-electron chi connectivity index (χ2n) is 12.1. The Morgan fingerprint density at radius 1 is 0.974 bits per heavy atom. The zero-order valence-corrected chi connectivity index (χ0v) is 25.3. The summed E-state index contributed by atoms with van der Waals surface area (Å²) in [6.45, 7) is 22.8. The maximum Gasteiger partial charge on any atom is 0.407 e. The highest BCUT2D eigenvalue weighted by atomic mass is 16.6. The molecule has 1 aliphatic heterocycles. The maximum atomic E-state index is 11.9. The number of nitrogens with one attached hydrogen (secondary N) is 1. The van der Waals surface area contributed by atoms with Gasteiger partial charge in [0.1, 0.15) is 11.4 Å². The number of rotatable bonds is 16. The third kappa shape index (κ3) is 14.3. The van der Waals surface area contributed by atoms with E-state index in [4.69, 9.17) is 9.47 Å². The molecule has 0 saturated carbocycles. The van der Waals surface area contributed by atoms with E-state index in [2.05, 4.69) is 57.9 Å². The Hall–Kier alpha value is -1.87. The van der Waals surface area contributed by atoms with Crippen molar-refractivity contribution in [1.29, 1.82) is 0 Å². The van der Waals surface area contributed by atoms with Crippen LogP contribution in [0, 0.1) is 5.92 Å². The SMILES string of the molecule is COc1ccc(CN(C)CCCN2CCN(CCCN(CCNC(=O)OC(C)(C)C)CC(C)C)CC2)cc1. The summed E-state index contributed by atoms with van der Waals surface area (Å²) in [5, 5.41) is 2.90. The molecule has 1 fully saturated rings. The minimum atomic E-state index is -0.458. The number of hydrogen-bond acceptors (Lipinski definition) is 7. The molecule has 0 radical (unpaired) electrons. The molecule has 0 spiro atoms. The number of alkyl carbamates (subject to hydrolysis) is 1. The van der Waals surface area contributed by atoms with Gasteiger partial charge < -0.3 is 34.4 Å². The predicted molar refractivity (Wildman–Crippen MR) is 157 cm³/mol. The van der Waals surface area contributed by atoms with Crippen molar-refractivity contribution < 1.29 is 14.3 Å². The van der Waals surface area contributed by atoms with Gasteiger partial charge in [-0.2, -0.15) is 0 Å². The van der Waals surface area contributed by atoms with Crippen molar-refractivity contribution in [3.8, 4) is 5.75 Å². The molecule has 8 heteroatoms. The third-order valence-electron chi connectivity index (χ3n) is 6.76. The minimum absolute atomic E-state index is 0.330. The molecule has 218 valence electrons. The van der Waals surface area contributed by atoms with Crippen molar-refractivity contribution in [2.75, 3.05) is 86.1 Å². The van der Waals surface area contributed by atoms with Gasteiger partial charge in [0, 0.05) is 52.4 Å². The Labute approximate surface area is 232 Å². The number of amides is 1. The Bertz CT molecular complexity index is 773. The van der Waals surface area contributed by atoms with Crippen LogP contribution in [0.1, 0.15) is 53.0 Å². The second-order valence-corrected chi connectivity index (χ2v) is 12.1. The van der Waals surface area contributed by atoms with E-state index in [-0.39, 0.29) is 6.09 Å². The standard InChI is InChI=1S/C30H55N5O3/c1-26(2)24-35(19-14-31-29(36)38-30(3,4)5)18-9-17-34-22-20-33(21-23-34)16-8-15-32(6)25-27-10-12-28(37-7)13-11-27/h10-13,26H,8-9,14-25H2,1-7H3,(H,31,36). The molecule has 2 rings (SSSR count). The summed E-state index contributed by atoms with van der Waals surface area (Å²) in [6, 6.07) is 8.37. The van der Waals surface area contributed by atoms with Gasteiger partial charge >= 0.3 is 6.09 Å². The van der Waals surface area contributed by atoms with Gasteiger partial charge in [-0.05, 0) is 90.5 Å². The van der Waals surface area contributed by atoms with Crippen LogP contribution in [0.2, 0.25) is 0 Å². The van der Waals surface area contributed by atoms with E-state index < -0.39 is 5.60 Å². The number of carbonyl (C=O) groups excluding carboxylic acids is 1. The number of hydrogen-bond donors (Lipinski definition) is 1. The molecule has 1 aliphatic rings. The summed E-state index contributed by atoms with van der Waals surface area (Å²) >= 11 is 0. The van der Waals surface area contributed by atoms with Crippen LogP contribution >= 0.6 is 0 Å². The highest BCUT2D eigenvalue weighted by Gasteiger charge is 2.18. The lowest BCUT2D eigenvalue weighted by molar-refractivity contribution is 0.0520. The highest BCUT2D eigenvalue weighted by molar-refractivity contribution is 5.67. The molecule has 1 aromatic carbocycles. The van der Waals surface area contributed by atoms with Crippen LogP contribution in [-0.2, 0) is 11.3 Å². The van der Waals surface area contributed by atoms with Gasteiger partial charge in [0.15, 0.2) is 0 Å². The normalized spacial score (nSPS) is 15.4. The van der Waals surface area contributed by atoms with Gasteiger partial charge in [-0.25, -0.2) is 4.79 Å². The number of benzene rings is 1. The number of piperazine rings is 1. The number of nitrogens with zero attached hydrogens (tertiary/aromatic N) is 4. The lowest BCUT2D eigenvalue weighted by Gasteiger charge is -2.35. The first-order chi connectivity index (χ1) is 18.0. The van der Waals surface area contributed by atoms with Gasteiger partial charge in [0.05, 0.1) is 7.11 Å². The molecule has 1 amide bonds. The van der Waals surface area contributed by atoms with E-state index in [1.54, 1.807) is 7.11 Å². The minimum Gasteiger partial charge on any atom is -0.497 e.